The highest BCUT2D eigenvalue weighted by molar-refractivity contribution is 7.94. The second-order valence-electron chi connectivity index (χ2n) is 3.40. The van der Waals surface area contributed by atoms with Gasteiger partial charge in [-0.2, -0.15) is 0 Å². The number of thiophene rings is 1. The summed E-state index contributed by atoms with van der Waals surface area (Å²) in [7, 11) is -3.41. The summed E-state index contributed by atoms with van der Waals surface area (Å²) in [6.45, 7) is 1.96. The van der Waals surface area contributed by atoms with Crippen LogP contribution in [-0.4, -0.2) is 8.42 Å². The summed E-state index contributed by atoms with van der Waals surface area (Å²) in [5.74, 6) is 0. The van der Waals surface area contributed by atoms with Gasteiger partial charge >= 0.3 is 0 Å². The fourth-order valence-corrected chi connectivity index (χ4v) is 3.29. The number of benzene rings is 1. The van der Waals surface area contributed by atoms with Crippen molar-refractivity contribution in [1.29, 1.82) is 0 Å². The first kappa shape index (κ1) is 11.2. The summed E-state index contributed by atoms with van der Waals surface area (Å²) in [6.07, 6.45) is 0. The molecule has 0 atom stereocenters. The summed E-state index contributed by atoms with van der Waals surface area (Å²) >= 11 is 1.20. The van der Waals surface area contributed by atoms with Crippen LogP contribution >= 0.6 is 11.3 Å². The molecule has 0 saturated carbocycles. The third-order valence-corrected chi connectivity index (χ3v) is 4.84. The quantitative estimate of drug-likeness (QED) is 0.914. The van der Waals surface area contributed by atoms with Crippen LogP contribution < -0.4 is 4.72 Å². The average Bonchev–Trinajstić information content (AvgIpc) is 2.75. The van der Waals surface area contributed by atoms with Crippen LogP contribution in [0.4, 0.5) is 5.69 Å². The lowest BCUT2D eigenvalue weighted by atomic mass is 10.2. The van der Waals surface area contributed by atoms with Gasteiger partial charge in [-0.15, -0.1) is 11.3 Å². The predicted molar refractivity (Wildman–Crippen MR) is 66.3 cm³/mol. The maximum absolute atomic E-state index is 11.8. The van der Waals surface area contributed by atoms with Gasteiger partial charge in [-0.25, -0.2) is 8.42 Å². The molecule has 0 radical (unpaired) electrons. The van der Waals surface area contributed by atoms with Crippen LogP contribution in [0.1, 0.15) is 5.56 Å². The molecular formula is C11H11NO2S2. The van der Waals surface area contributed by atoms with Crippen molar-refractivity contribution >= 4 is 27.0 Å². The van der Waals surface area contributed by atoms with Crippen molar-refractivity contribution in [3.05, 3.63) is 47.3 Å². The van der Waals surface area contributed by atoms with Crippen LogP contribution in [-0.2, 0) is 10.0 Å². The molecule has 0 bridgehead atoms. The molecule has 0 saturated heterocycles. The summed E-state index contributed by atoms with van der Waals surface area (Å²) < 4.78 is 26.6. The molecule has 0 aliphatic carbocycles. The van der Waals surface area contributed by atoms with Gasteiger partial charge in [0, 0.05) is 5.69 Å². The second kappa shape index (κ2) is 4.27. The van der Waals surface area contributed by atoms with Crippen molar-refractivity contribution in [2.24, 2.45) is 0 Å². The lowest BCUT2D eigenvalue weighted by Crippen LogP contribution is -2.11. The van der Waals surface area contributed by atoms with E-state index in [1.165, 1.54) is 11.3 Å². The van der Waals surface area contributed by atoms with Gasteiger partial charge in [-0.05, 0) is 30.5 Å². The smallest absolute Gasteiger partial charge is 0.271 e. The Morgan fingerprint density at radius 1 is 1.12 bits per heavy atom. The third-order valence-electron chi connectivity index (χ3n) is 2.06. The third kappa shape index (κ3) is 2.43. The van der Waals surface area contributed by atoms with E-state index in [0.717, 1.165) is 5.56 Å². The lowest BCUT2D eigenvalue weighted by molar-refractivity contribution is 0.603. The molecule has 0 fully saturated rings. The zero-order valence-corrected chi connectivity index (χ0v) is 10.3. The van der Waals surface area contributed by atoms with Gasteiger partial charge in [-0.3, -0.25) is 4.72 Å². The Kier molecular flexibility index (Phi) is 2.98. The van der Waals surface area contributed by atoms with E-state index in [1.54, 1.807) is 29.6 Å². The van der Waals surface area contributed by atoms with E-state index in [9.17, 15) is 8.42 Å². The fourth-order valence-electron chi connectivity index (χ4n) is 1.24. The predicted octanol–water partition coefficient (Wildman–Crippen LogP) is 2.86. The van der Waals surface area contributed by atoms with E-state index >= 15 is 0 Å². The summed E-state index contributed by atoms with van der Waals surface area (Å²) in [5.41, 5.74) is 1.68. The molecule has 16 heavy (non-hydrogen) atoms. The van der Waals surface area contributed by atoms with E-state index in [4.69, 9.17) is 0 Å². The van der Waals surface area contributed by atoms with E-state index in [0.29, 0.717) is 9.90 Å². The summed E-state index contributed by atoms with van der Waals surface area (Å²) in [4.78, 5) is 0. The molecule has 0 spiro atoms. The van der Waals surface area contributed by atoms with Crippen LogP contribution in [0.15, 0.2) is 46.0 Å². The molecule has 2 aromatic rings. The molecule has 1 N–H and O–H groups in total. The van der Waals surface area contributed by atoms with Crippen LogP contribution in [0.25, 0.3) is 0 Å². The Labute approximate surface area is 98.8 Å². The van der Waals surface area contributed by atoms with Crippen molar-refractivity contribution < 1.29 is 8.42 Å². The topological polar surface area (TPSA) is 46.2 Å². The standard InChI is InChI=1S/C11H11NO2S2/c1-9-4-6-10(7-5-9)12-16(13,14)11-3-2-8-15-11/h2-8,12H,1H3. The highest BCUT2D eigenvalue weighted by Gasteiger charge is 2.14. The summed E-state index contributed by atoms with van der Waals surface area (Å²) in [6, 6.07) is 10.5. The lowest BCUT2D eigenvalue weighted by Gasteiger charge is -2.05. The molecule has 0 aliphatic heterocycles. The van der Waals surface area contributed by atoms with Gasteiger partial charge < -0.3 is 0 Å². The largest absolute Gasteiger partial charge is 0.279 e. The van der Waals surface area contributed by atoms with Crippen molar-refractivity contribution in [3.63, 3.8) is 0 Å². The minimum absolute atomic E-state index is 0.327. The van der Waals surface area contributed by atoms with Crippen LogP contribution in [0, 0.1) is 6.92 Å². The first-order valence-corrected chi connectivity index (χ1v) is 7.07. The summed E-state index contributed by atoms with van der Waals surface area (Å²) in [5, 5.41) is 1.74. The van der Waals surface area contributed by atoms with Crippen molar-refractivity contribution in [3.8, 4) is 0 Å². The van der Waals surface area contributed by atoms with E-state index in [-0.39, 0.29) is 0 Å². The van der Waals surface area contributed by atoms with Gasteiger partial charge in [0.2, 0.25) is 0 Å². The minimum atomic E-state index is -3.41. The molecule has 0 aliphatic rings. The molecule has 1 aromatic carbocycles. The van der Waals surface area contributed by atoms with Gasteiger partial charge in [0.25, 0.3) is 10.0 Å². The Balaban J connectivity index is 2.25. The molecule has 1 heterocycles. The maximum Gasteiger partial charge on any atom is 0.271 e. The maximum atomic E-state index is 11.8. The molecule has 3 nitrogen and oxygen atoms in total. The molecular weight excluding hydrogens is 242 g/mol. The first-order valence-electron chi connectivity index (χ1n) is 4.71. The highest BCUT2D eigenvalue weighted by Crippen LogP contribution is 2.20. The molecule has 0 unspecified atom stereocenters. The molecule has 1 aromatic heterocycles. The molecule has 84 valence electrons. The van der Waals surface area contributed by atoms with E-state index in [1.807, 2.05) is 19.1 Å². The minimum Gasteiger partial charge on any atom is -0.279 e. The zero-order chi connectivity index (χ0) is 11.6. The zero-order valence-electron chi connectivity index (χ0n) is 8.67. The van der Waals surface area contributed by atoms with Crippen LogP contribution in [0.3, 0.4) is 0 Å². The van der Waals surface area contributed by atoms with E-state index in [2.05, 4.69) is 4.72 Å². The van der Waals surface area contributed by atoms with Gasteiger partial charge in [0.15, 0.2) is 0 Å². The van der Waals surface area contributed by atoms with Crippen LogP contribution in [0.5, 0.6) is 0 Å². The van der Waals surface area contributed by atoms with Crippen LogP contribution in [0.2, 0.25) is 0 Å². The monoisotopic (exact) mass is 253 g/mol. The Morgan fingerprint density at radius 3 is 2.38 bits per heavy atom. The SMILES string of the molecule is Cc1ccc(NS(=O)(=O)c2cccs2)cc1. The highest BCUT2D eigenvalue weighted by atomic mass is 32.2. The van der Waals surface area contributed by atoms with Gasteiger partial charge in [-0.1, -0.05) is 23.8 Å². The second-order valence-corrected chi connectivity index (χ2v) is 6.26. The number of hydrogen-bond acceptors (Lipinski definition) is 3. The van der Waals surface area contributed by atoms with Gasteiger partial charge in [0.05, 0.1) is 0 Å². The molecule has 0 amide bonds. The Morgan fingerprint density at radius 2 is 1.81 bits per heavy atom. The first-order chi connectivity index (χ1) is 7.58. The fraction of sp³-hybridized carbons (Fsp3) is 0.0909. The van der Waals surface area contributed by atoms with Gasteiger partial charge in [0.1, 0.15) is 4.21 Å². The normalized spacial score (nSPS) is 11.3. The van der Waals surface area contributed by atoms with Crippen molar-refractivity contribution in [2.45, 2.75) is 11.1 Å². The Hall–Kier alpha value is -1.33. The number of aryl methyl sites for hydroxylation is 1. The van der Waals surface area contributed by atoms with E-state index < -0.39 is 10.0 Å². The number of hydrogen-bond donors (Lipinski definition) is 1. The Bertz CT molecular complexity index is 557. The van der Waals surface area contributed by atoms with Crippen molar-refractivity contribution in [2.75, 3.05) is 4.72 Å². The number of sulfonamides is 1. The number of nitrogens with one attached hydrogen (secondary N) is 1. The van der Waals surface area contributed by atoms with Crippen molar-refractivity contribution in [1.82, 2.24) is 0 Å². The molecule has 2 rings (SSSR count). The number of anilines is 1. The molecule has 5 heteroatoms. The number of rotatable bonds is 3. The average molecular weight is 253 g/mol.